The van der Waals surface area contributed by atoms with E-state index < -0.39 is 0 Å². The van der Waals surface area contributed by atoms with Crippen molar-refractivity contribution in [1.29, 1.82) is 0 Å². The minimum absolute atomic E-state index is 0.139. The summed E-state index contributed by atoms with van der Waals surface area (Å²) in [6.07, 6.45) is 1.75. The second-order valence-corrected chi connectivity index (χ2v) is 2.69. The van der Waals surface area contributed by atoms with Gasteiger partial charge in [-0.15, -0.1) is 0 Å². The van der Waals surface area contributed by atoms with Crippen molar-refractivity contribution in [1.82, 2.24) is 15.1 Å². The first kappa shape index (κ1) is 6.96. The van der Waals surface area contributed by atoms with Crippen molar-refractivity contribution in [3.05, 3.63) is 17.5 Å². The van der Waals surface area contributed by atoms with Gasteiger partial charge in [0.15, 0.2) is 0 Å². The summed E-state index contributed by atoms with van der Waals surface area (Å²) >= 11 is 0. The molecule has 1 aromatic rings. The van der Waals surface area contributed by atoms with Crippen molar-refractivity contribution in [2.45, 2.75) is 13.1 Å². The van der Waals surface area contributed by atoms with Gasteiger partial charge in [-0.25, -0.2) is 0 Å². The summed E-state index contributed by atoms with van der Waals surface area (Å²) in [6.45, 7) is 1.28. The van der Waals surface area contributed by atoms with E-state index in [0.29, 0.717) is 13.1 Å². The highest BCUT2D eigenvalue weighted by molar-refractivity contribution is 5.77. The Hall–Kier alpha value is -1.72. The number of H-pyrrole nitrogens is 1. The molecule has 1 aromatic heterocycles. The van der Waals surface area contributed by atoms with Crippen molar-refractivity contribution in [3.8, 4) is 0 Å². The van der Waals surface area contributed by atoms with Crippen LogP contribution in [0, 0.1) is 0 Å². The fraction of sp³-hybridized carbons (Fsp3) is 0.333. The van der Waals surface area contributed by atoms with Gasteiger partial charge in [-0.2, -0.15) is 5.10 Å². The van der Waals surface area contributed by atoms with Crippen LogP contribution in [0.4, 0.5) is 0 Å². The lowest BCUT2D eigenvalue weighted by Crippen LogP contribution is -2.32. The molecule has 0 unspecified atom stereocenters. The molecule has 0 saturated carbocycles. The molecule has 0 aromatic carbocycles. The molecule has 6 heteroatoms. The highest BCUT2D eigenvalue weighted by atomic mass is 16.4. The molecule has 6 nitrogen and oxygen atoms in total. The first-order chi connectivity index (χ1) is 5.81. The molecular weight excluding hydrogens is 158 g/mol. The van der Waals surface area contributed by atoms with Crippen LogP contribution < -0.4 is 5.73 Å². The Bertz CT molecular complexity index is 297. The number of aromatic amines is 1. The molecule has 0 aliphatic carbocycles. The summed E-state index contributed by atoms with van der Waals surface area (Å²) in [4.78, 5) is 1.75. The number of rotatable bonds is 0. The lowest BCUT2D eigenvalue weighted by Gasteiger charge is -2.13. The fourth-order valence-electron chi connectivity index (χ4n) is 1.29. The lowest BCUT2D eigenvalue weighted by molar-refractivity contribution is 0.298. The molecule has 0 atom stereocenters. The molecule has 0 spiro atoms. The van der Waals surface area contributed by atoms with E-state index in [9.17, 15) is 0 Å². The molecule has 0 fully saturated rings. The van der Waals surface area contributed by atoms with Crippen LogP contribution in [0.15, 0.2) is 11.4 Å². The van der Waals surface area contributed by atoms with Gasteiger partial charge in [-0.05, 0) is 0 Å². The van der Waals surface area contributed by atoms with E-state index in [1.807, 2.05) is 0 Å². The van der Waals surface area contributed by atoms with Gasteiger partial charge >= 0.3 is 0 Å². The van der Waals surface area contributed by atoms with E-state index in [4.69, 9.17) is 10.9 Å². The molecule has 0 bridgehead atoms. The zero-order valence-corrected chi connectivity index (χ0v) is 6.36. The van der Waals surface area contributed by atoms with Gasteiger partial charge in [0.25, 0.3) is 0 Å². The smallest absolute Gasteiger partial charge is 0.233 e. The third-order valence-corrected chi connectivity index (χ3v) is 1.94. The third kappa shape index (κ3) is 0.884. The Kier molecular flexibility index (Phi) is 1.39. The van der Waals surface area contributed by atoms with Crippen LogP contribution >= 0.6 is 0 Å². The maximum atomic E-state index is 8.41. The van der Waals surface area contributed by atoms with Crippen molar-refractivity contribution in [2.75, 3.05) is 0 Å². The van der Waals surface area contributed by atoms with Gasteiger partial charge in [0.05, 0.1) is 18.4 Å². The van der Waals surface area contributed by atoms with Gasteiger partial charge in [0, 0.05) is 12.1 Å². The monoisotopic (exact) mass is 167 g/mol. The number of hydrogen-bond acceptors (Lipinski definition) is 3. The lowest BCUT2D eigenvalue weighted by atomic mass is 10.3. The average molecular weight is 167 g/mol. The first-order valence-corrected chi connectivity index (χ1v) is 3.55. The Morgan fingerprint density at radius 1 is 1.75 bits per heavy atom. The Morgan fingerprint density at radius 3 is 3.25 bits per heavy atom. The number of nitrogens with one attached hydrogen (secondary N) is 1. The van der Waals surface area contributed by atoms with Crippen LogP contribution in [0.1, 0.15) is 11.3 Å². The first-order valence-electron chi connectivity index (χ1n) is 3.55. The van der Waals surface area contributed by atoms with Crippen LogP contribution in [-0.2, 0) is 13.1 Å². The van der Waals surface area contributed by atoms with E-state index >= 15 is 0 Å². The van der Waals surface area contributed by atoms with Crippen molar-refractivity contribution in [2.24, 2.45) is 10.9 Å². The molecule has 12 heavy (non-hydrogen) atoms. The normalized spacial score (nSPS) is 16.7. The van der Waals surface area contributed by atoms with Crippen molar-refractivity contribution in [3.63, 3.8) is 0 Å². The van der Waals surface area contributed by atoms with E-state index in [-0.39, 0.29) is 5.96 Å². The molecule has 0 amide bonds. The fourth-order valence-corrected chi connectivity index (χ4v) is 1.29. The summed E-state index contributed by atoms with van der Waals surface area (Å²) in [5, 5.41) is 18.0. The summed E-state index contributed by atoms with van der Waals surface area (Å²) in [5.41, 5.74) is 7.54. The largest absolute Gasteiger partial charge is 0.408 e. The van der Waals surface area contributed by atoms with Crippen LogP contribution in [0.25, 0.3) is 0 Å². The molecule has 0 saturated heterocycles. The number of hydrogen-bond donors (Lipinski definition) is 3. The van der Waals surface area contributed by atoms with Crippen LogP contribution in [0.2, 0.25) is 0 Å². The molecule has 2 rings (SSSR count). The molecule has 1 aliphatic rings. The molecule has 1 aliphatic heterocycles. The summed E-state index contributed by atoms with van der Waals surface area (Å²) < 4.78 is 0. The Balaban J connectivity index is 2.17. The quantitative estimate of drug-likeness (QED) is 0.209. The van der Waals surface area contributed by atoms with Crippen LogP contribution in [0.5, 0.6) is 0 Å². The predicted molar refractivity (Wildman–Crippen MR) is 41.2 cm³/mol. The average Bonchev–Trinajstić information content (AvgIpc) is 2.60. The Labute approximate surface area is 68.7 Å². The topological polar surface area (TPSA) is 90.5 Å². The number of aromatic nitrogens is 2. The number of fused-ring (bicyclic) bond motifs is 1. The van der Waals surface area contributed by atoms with Gasteiger partial charge in [-0.1, -0.05) is 5.16 Å². The summed E-state index contributed by atoms with van der Waals surface area (Å²) in [5.74, 6) is 0.139. The third-order valence-electron chi connectivity index (χ3n) is 1.94. The zero-order valence-electron chi connectivity index (χ0n) is 6.36. The highest BCUT2D eigenvalue weighted by Gasteiger charge is 2.21. The zero-order chi connectivity index (χ0) is 8.55. The Morgan fingerprint density at radius 2 is 2.58 bits per heavy atom. The number of oxime groups is 1. The number of guanidine groups is 1. The summed E-state index contributed by atoms with van der Waals surface area (Å²) in [6, 6.07) is 0. The molecule has 2 heterocycles. The van der Waals surface area contributed by atoms with Gasteiger partial charge in [0.2, 0.25) is 5.96 Å². The predicted octanol–water partition coefficient (Wildman–Crippen LogP) is -0.571. The number of nitrogens with zero attached hydrogens (tertiary/aromatic N) is 3. The minimum atomic E-state index is 0.139. The maximum Gasteiger partial charge on any atom is 0.233 e. The minimum Gasteiger partial charge on any atom is -0.408 e. The van der Waals surface area contributed by atoms with Crippen LogP contribution in [0.3, 0.4) is 0 Å². The van der Waals surface area contributed by atoms with Gasteiger partial charge in [0.1, 0.15) is 0 Å². The summed E-state index contributed by atoms with van der Waals surface area (Å²) in [7, 11) is 0. The maximum absolute atomic E-state index is 8.41. The van der Waals surface area contributed by atoms with Crippen molar-refractivity contribution >= 4 is 5.96 Å². The highest BCUT2D eigenvalue weighted by Crippen LogP contribution is 2.18. The second-order valence-electron chi connectivity index (χ2n) is 2.69. The van der Waals surface area contributed by atoms with E-state index in [0.717, 1.165) is 11.3 Å². The number of nitrogens with two attached hydrogens (primary N) is 1. The molecule has 0 radical (unpaired) electrons. The van der Waals surface area contributed by atoms with Crippen molar-refractivity contribution < 1.29 is 5.21 Å². The van der Waals surface area contributed by atoms with Gasteiger partial charge < -0.3 is 15.8 Å². The molecule has 64 valence electrons. The van der Waals surface area contributed by atoms with Crippen LogP contribution in [-0.4, -0.2) is 26.3 Å². The van der Waals surface area contributed by atoms with E-state index in [2.05, 4.69) is 15.4 Å². The molecular formula is C6H9N5O. The van der Waals surface area contributed by atoms with E-state index in [1.165, 1.54) is 0 Å². The van der Waals surface area contributed by atoms with Gasteiger partial charge in [-0.3, -0.25) is 5.10 Å². The second kappa shape index (κ2) is 2.40. The standard InChI is InChI=1S/C6H9N5O/c7-6(10-12)11-2-4-1-8-9-5(4)3-11/h1,12H,2-3H2,(H2,7,10)(H,8,9). The van der Waals surface area contributed by atoms with E-state index in [1.54, 1.807) is 11.1 Å². The SMILES string of the molecule is N/C(=N\O)N1Cc2cn[nH]c2C1. The molecule has 4 N–H and O–H groups in total.